The fraction of sp³-hybridized carbons (Fsp3) is 0.333. The molecule has 1 aromatic heterocycles. The molecule has 300 valence electrons. The number of urea groups is 1. The second-order valence-electron chi connectivity index (χ2n) is 14.8. The average molecular weight is 796 g/mol. The molecule has 6 rings (SSSR count). The molecule has 3 N–H and O–H groups in total. The lowest BCUT2D eigenvalue weighted by Gasteiger charge is -2.30. The SMILES string of the molecule is [CH]c1cc(CN(CCN2CCOCC2)c2nccc(Oc3ccc(NC(=O)Nc4cc(C(C)(C)C)cc(NS(C)(=O)=O)c4OC)c4ccccc34)n2)cc(OC)c1. The summed E-state index contributed by atoms with van der Waals surface area (Å²) in [6.45, 7) is 17.2. The molecule has 0 atom stereocenters. The van der Waals surface area contributed by atoms with Crippen molar-refractivity contribution in [3.63, 3.8) is 0 Å². The number of hydrogen-bond acceptors (Lipinski definition) is 11. The molecule has 1 saturated heterocycles. The highest BCUT2D eigenvalue weighted by Gasteiger charge is 2.23. The van der Waals surface area contributed by atoms with Crippen LogP contribution in [-0.4, -0.2) is 89.2 Å². The molecule has 2 amide bonds. The van der Waals surface area contributed by atoms with Crippen molar-refractivity contribution in [3.8, 4) is 23.1 Å². The number of rotatable bonds is 14. The predicted molar refractivity (Wildman–Crippen MR) is 224 cm³/mol. The number of ether oxygens (including phenoxy) is 4. The molecule has 0 bridgehead atoms. The first-order chi connectivity index (χ1) is 27.2. The van der Waals surface area contributed by atoms with E-state index in [1.807, 2.05) is 57.2 Å². The Hall–Kier alpha value is -5.64. The minimum atomic E-state index is -3.64. The highest BCUT2D eigenvalue weighted by molar-refractivity contribution is 7.92. The molecule has 14 nitrogen and oxygen atoms in total. The van der Waals surface area contributed by atoms with Gasteiger partial charge < -0.3 is 34.5 Å². The van der Waals surface area contributed by atoms with Crippen LogP contribution in [0.4, 0.5) is 27.8 Å². The normalized spacial score (nSPS) is 13.5. The van der Waals surface area contributed by atoms with Gasteiger partial charge in [-0.25, -0.2) is 18.2 Å². The molecule has 1 fully saturated rings. The Morgan fingerprint density at radius 2 is 1.65 bits per heavy atom. The lowest BCUT2D eigenvalue weighted by Crippen LogP contribution is -2.41. The first kappa shape index (κ1) is 41.0. The number of amides is 2. The van der Waals surface area contributed by atoms with E-state index in [9.17, 15) is 13.2 Å². The van der Waals surface area contributed by atoms with Gasteiger partial charge in [-0.15, -0.1) is 0 Å². The molecule has 1 aliphatic rings. The van der Waals surface area contributed by atoms with Crippen LogP contribution in [-0.2, 0) is 26.7 Å². The van der Waals surface area contributed by atoms with Crippen LogP contribution >= 0.6 is 0 Å². The largest absolute Gasteiger partial charge is 0.497 e. The summed E-state index contributed by atoms with van der Waals surface area (Å²) in [7, 11) is -0.616. The molecule has 5 aromatic rings. The average Bonchev–Trinajstić information content (AvgIpc) is 3.16. The van der Waals surface area contributed by atoms with Gasteiger partial charge in [0.2, 0.25) is 21.9 Å². The van der Waals surface area contributed by atoms with Crippen molar-refractivity contribution in [1.82, 2.24) is 14.9 Å². The van der Waals surface area contributed by atoms with E-state index in [-0.39, 0.29) is 16.9 Å². The van der Waals surface area contributed by atoms with Gasteiger partial charge in [-0.2, -0.15) is 4.98 Å². The molecular formula is C42H49N7O7S. The van der Waals surface area contributed by atoms with Crippen LogP contribution in [0.15, 0.2) is 79.0 Å². The summed E-state index contributed by atoms with van der Waals surface area (Å²) in [5.74, 6) is 2.20. The Kier molecular flexibility index (Phi) is 12.7. The van der Waals surface area contributed by atoms with Gasteiger partial charge in [0, 0.05) is 55.8 Å². The molecule has 57 heavy (non-hydrogen) atoms. The third kappa shape index (κ3) is 10.8. The topological polar surface area (TPSA) is 156 Å². The van der Waals surface area contributed by atoms with E-state index >= 15 is 0 Å². The van der Waals surface area contributed by atoms with Gasteiger partial charge in [0.1, 0.15) is 11.5 Å². The van der Waals surface area contributed by atoms with Gasteiger partial charge in [-0.05, 0) is 65.4 Å². The van der Waals surface area contributed by atoms with E-state index in [4.69, 9.17) is 30.9 Å². The zero-order chi connectivity index (χ0) is 40.7. The molecule has 1 aliphatic heterocycles. The van der Waals surface area contributed by atoms with E-state index in [0.29, 0.717) is 66.6 Å². The number of methoxy groups -OCH3 is 2. The zero-order valence-corrected chi connectivity index (χ0v) is 33.9. The van der Waals surface area contributed by atoms with Crippen LogP contribution < -0.4 is 34.5 Å². The van der Waals surface area contributed by atoms with E-state index in [0.717, 1.165) is 47.8 Å². The van der Waals surface area contributed by atoms with Crippen LogP contribution in [0.2, 0.25) is 0 Å². The second-order valence-corrected chi connectivity index (χ2v) is 16.5. The molecule has 0 spiro atoms. The second kappa shape index (κ2) is 17.7. The Labute approximate surface area is 334 Å². The Morgan fingerprint density at radius 3 is 2.35 bits per heavy atom. The summed E-state index contributed by atoms with van der Waals surface area (Å²) in [5.41, 5.74) is 3.01. The van der Waals surface area contributed by atoms with E-state index in [1.165, 1.54) is 7.11 Å². The van der Waals surface area contributed by atoms with Crippen LogP contribution in [0, 0.1) is 6.92 Å². The Bertz CT molecular complexity index is 2330. The van der Waals surface area contributed by atoms with E-state index in [1.54, 1.807) is 49.7 Å². The van der Waals surface area contributed by atoms with Gasteiger partial charge in [0.15, 0.2) is 5.75 Å². The summed E-state index contributed by atoms with van der Waals surface area (Å²) in [5, 5.41) is 7.25. The van der Waals surface area contributed by atoms with Crippen molar-refractivity contribution in [1.29, 1.82) is 0 Å². The van der Waals surface area contributed by atoms with Crippen molar-refractivity contribution in [3.05, 3.63) is 103 Å². The van der Waals surface area contributed by atoms with Gasteiger partial charge in [-0.1, -0.05) is 51.1 Å². The number of nitrogens with zero attached hydrogens (tertiary/aromatic N) is 4. The third-order valence-electron chi connectivity index (χ3n) is 9.34. The molecule has 2 heterocycles. The molecular weight excluding hydrogens is 747 g/mol. The standard InChI is InChI=1S/C42H49N7O7S/c1-28-22-29(24-31(23-28)53-5)27-49(17-16-48-18-20-55-21-19-48)40-43-15-14-38(46-40)56-37-13-12-34(32-10-8-9-11-33(32)37)44-41(50)45-35-25-30(42(2,3)4)26-36(39(35)54-6)47-57(7,51)52/h1,8-15,22-26,47H,16-21,27H2,2-7H3,(H2,44,45,50). The minimum Gasteiger partial charge on any atom is -0.497 e. The Morgan fingerprint density at radius 1 is 0.930 bits per heavy atom. The summed E-state index contributed by atoms with van der Waals surface area (Å²) in [6, 6.07) is 21.3. The number of nitrogens with one attached hydrogen (secondary N) is 3. The number of anilines is 4. The summed E-state index contributed by atoms with van der Waals surface area (Å²) in [4.78, 5) is 27.5. The van der Waals surface area contributed by atoms with Crippen molar-refractivity contribution < 1.29 is 32.2 Å². The number of benzene rings is 4. The number of sulfonamides is 1. The van der Waals surface area contributed by atoms with Crippen LogP contribution in [0.5, 0.6) is 23.1 Å². The maximum absolute atomic E-state index is 13.6. The molecule has 0 unspecified atom stereocenters. The van der Waals surface area contributed by atoms with Crippen molar-refractivity contribution in [2.45, 2.75) is 32.7 Å². The first-order valence-electron chi connectivity index (χ1n) is 18.5. The molecule has 0 aliphatic carbocycles. The highest BCUT2D eigenvalue weighted by atomic mass is 32.2. The number of carbonyl (C=O) groups excluding carboxylic acids is 1. The summed E-state index contributed by atoms with van der Waals surface area (Å²) < 4.78 is 49.9. The fourth-order valence-electron chi connectivity index (χ4n) is 6.50. The lowest BCUT2D eigenvalue weighted by molar-refractivity contribution is 0.0391. The first-order valence-corrected chi connectivity index (χ1v) is 20.4. The molecule has 2 radical (unpaired) electrons. The summed E-state index contributed by atoms with van der Waals surface area (Å²) >= 11 is 0. The maximum Gasteiger partial charge on any atom is 0.323 e. The quantitative estimate of drug-likeness (QED) is 0.105. The van der Waals surface area contributed by atoms with Crippen LogP contribution in [0.1, 0.15) is 37.5 Å². The van der Waals surface area contributed by atoms with Gasteiger partial charge in [0.25, 0.3) is 0 Å². The van der Waals surface area contributed by atoms with E-state index < -0.39 is 16.1 Å². The Balaban J connectivity index is 1.25. The van der Waals surface area contributed by atoms with Crippen molar-refractivity contribution >= 4 is 49.8 Å². The smallest absolute Gasteiger partial charge is 0.323 e. The third-order valence-corrected chi connectivity index (χ3v) is 9.93. The van der Waals surface area contributed by atoms with E-state index in [2.05, 4.69) is 30.1 Å². The van der Waals surface area contributed by atoms with Crippen LogP contribution in [0.3, 0.4) is 0 Å². The minimum absolute atomic E-state index is 0.175. The molecule has 4 aromatic carbocycles. The number of morpholine rings is 1. The van der Waals surface area contributed by atoms with Crippen molar-refractivity contribution in [2.75, 3.05) is 80.1 Å². The van der Waals surface area contributed by atoms with Gasteiger partial charge in [-0.3, -0.25) is 9.62 Å². The van der Waals surface area contributed by atoms with Crippen LogP contribution in [0.25, 0.3) is 10.8 Å². The number of carbonyl (C=O) groups is 1. The fourth-order valence-corrected chi connectivity index (χ4v) is 7.05. The van der Waals surface area contributed by atoms with Crippen molar-refractivity contribution in [2.24, 2.45) is 0 Å². The number of aromatic nitrogens is 2. The van der Waals surface area contributed by atoms with Gasteiger partial charge in [0.05, 0.1) is 50.8 Å². The predicted octanol–water partition coefficient (Wildman–Crippen LogP) is 7.15. The zero-order valence-electron chi connectivity index (χ0n) is 33.1. The number of hydrogen-bond donors (Lipinski definition) is 3. The van der Waals surface area contributed by atoms with Gasteiger partial charge >= 0.3 is 6.03 Å². The maximum atomic E-state index is 13.6. The number of fused-ring (bicyclic) bond motifs is 1. The highest BCUT2D eigenvalue weighted by Crippen LogP contribution is 2.40. The summed E-state index contributed by atoms with van der Waals surface area (Å²) in [6.07, 6.45) is 2.73. The lowest BCUT2D eigenvalue weighted by atomic mass is 9.86. The molecule has 0 saturated carbocycles. The molecule has 15 heteroatoms. The monoisotopic (exact) mass is 795 g/mol.